The van der Waals surface area contributed by atoms with E-state index in [2.05, 4.69) is 10.3 Å². The lowest BCUT2D eigenvalue weighted by molar-refractivity contribution is -0.117. The lowest BCUT2D eigenvalue weighted by atomic mass is 10.0. The number of methoxy groups -OCH3 is 2. The second kappa shape index (κ2) is 8.16. The Morgan fingerprint density at radius 2 is 1.81 bits per heavy atom. The minimum atomic E-state index is -0.802. The molecule has 1 aromatic heterocycles. The molecule has 3 amide bonds. The highest BCUT2D eigenvalue weighted by Gasteiger charge is 2.50. The Balaban J connectivity index is 1.43. The number of nitrogens with zero attached hydrogens (tertiary/aromatic N) is 2. The first-order valence-electron chi connectivity index (χ1n) is 11.4. The van der Waals surface area contributed by atoms with Crippen molar-refractivity contribution < 1.29 is 23.9 Å². The normalized spacial score (nSPS) is 16.0. The van der Waals surface area contributed by atoms with Crippen LogP contribution in [-0.4, -0.2) is 48.4 Å². The van der Waals surface area contributed by atoms with Crippen LogP contribution in [0, 0.1) is 0 Å². The summed E-state index contributed by atoms with van der Waals surface area (Å²) in [5.74, 6) is -0.334. The number of H-pyrrole nitrogens is 1. The Kier molecular flexibility index (Phi) is 4.92. The third-order valence-electron chi connectivity index (χ3n) is 6.67. The molecule has 0 saturated heterocycles. The van der Waals surface area contributed by atoms with Crippen molar-refractivity contribution in [2.24, 2.45) is 0 Å². The molecule has 4 aromatic rings. The van der Waals surface area contributed by atoms with Crippen molar-refractivity contribution in [2.75, 3.05) is 31.0 Å². The summed E-state index contributed by atoms with van der Waals surface area (Å²) in [5, 5.41) is 3.78. The molecule has 6 rings (SSSR count). The zero-order chi connectivity index (χ0) is 25.0. The van der Waals surface area contributed by atoms with E-state index in [1.807, 2.05) is 18.2 Å². The maximum Gasteiger partial charge on any atom is 0.264 e. The molecular weight excluding hydrogens is 460 g/mol. The van der Waals surface area contributed by atoms with Crippen LogP contribution in [0.5, 0.6) is 11.5 Å². The summed E-state index contributed by atoms with van der Waals surface area (Å²) in [6.07, 6.45) is 0.995. The SMILES string of the molecule is COc1ccc2c(c1OC)C(=O)N1c3ccccc3C(=O)N(CC(=O)Nc3cccc4[nH]ccc34)[C@H]21. The van der Waals surface area contributed by atoms with Gasteiger partial charge in [0.15, 0.2) is 11.5 Å². The highest BCUT2D eigenvalue weighted by Crippen LogP contribution is 2.49. The second-order valence-corrected chi connectivity index (χ2v) is 8.56. The van der Waals surface area contributed by atoms with Crippen molar-refractivity contribution in [3.05, 3.63) is 83.6 Å². The predicted octanol–water partition coefficient (Wildman–Crippen LogP) is 3.94. The summed E-state index contributed by atoms with van der Waals surface area (Å²) in [7, 11) is 2.96. The van der Waals surface area contributed by atoms with Crippen LogP contribution in [0.1, 0.15) is 32.4 Å². The molecule has 2 N–H and O–H groups in total. The fourth-order valence-corrected chi connectivity index (χ4v) is 5.12. The number of hydrogen-bond donors (Lipinski definition) is 2. The van der Waals surface area contributed by atoms with Gasteiger partial charge in [-0.05, 0) is 36.4 Å². The molecule has 0 saturated carbocycles. The van der Waals surface area contributed by atoms with Gasteiger partial charge in [0.1, 0.15) is 12.7 Å². The topological polar surface area (TPSA) is 104 Å². The number of nitrogens with one attached hydrogen (secondary N) is 2. The molecule has 2 aliphatic rings. The maximum atomic E-state index is 13.7. The zero-order valence-electron chi connectivity index (χ0n) is 19.6. The van der Waals surface area contributed by atoms with Crippen molar-refractivity contribution in [1.82, 2.24) is 9.88 Å². The standard InChI is InChI=1S/C27H22N4O5/c1-35-21-11-10-17-23(24(21)36-2)27(34)31-20-9-4-3-6-16(20)26(33)30(25(17)31)14-22(32)29-19-8-5-7-18-15(19)12-13-28-18/h3-13,25,28H,14H2,1-2H3,(H,29,32)/t25-/m0/s1. The Morgan fingerprint density at radius 1 is 0.972 bits per heavy atom. The van der Waals surface area contributed by atoms with E-state index < -0.39 is 6.17 Å². The Hall–Kier alpha value is -4.79. The molecule has 9 nitrogen and oxygen atoms in total. The highest BCUT2D eigenvalue weighted by atomic mass is 16.5. The van der Waals surface area contributed by atoms with Gasteiger partial charge in [-0.25, -0.2) is 0 Å². The van der Waals surface area contributed by atoms with Crippen LogP contribution >= 0.6 is 0 Å². The van der Waals surface area contributed by atoms with E-state index in [0.717, 1.165) is 10.9 Å². The Morgan fingerprint density at radius 3 is 2.61 bits per heavy atom. The van der Waals surface area contributed by atoms with E-state index in [1.54, 1.807) is 53.6 Å². The average Bonchev–Trinajstić information content (AvgIpc) is 3.49. The fraction of sp³-hybridized carbons (Fsp3) is 0.148. The van der Waals surface area contributed by atoms with E-state index in [9.17, 15) is 14.4 Å². The van der Waals surface area contributed by atoms with E-state index in [-0.39, 0.29) is 24.3 Å². The third-order valence-corrected chi connectivity index (χ3v) is 6.67. The molecule has 0 radical (unpaired) electrons. The lowest BCUT2D eigenvalue weighted by Gasteiger charge is -2.40. The molecule has 0 aliphatic carbocycles. The minimum absolute atomic E-state index is 0.254. The van der Waals surface area contributed by atoms with Gasteiger partial charge < -0.3 is 24.7 Å². The van der Waals surface area contributed by atoms with E-state index in [1.165, 1.54) is 19.1 Å². The summed E-state index contributed by atoms with van der Waals surface area (Å²) < 4.78 is 10.9. The van der Waals surface area contributed by atoms with Crippen LogP contribution in [0.4, 0.5) is 11.4 Å². The summed E-state index contributed by atoms with van der Waals surface area (Å²) in [4.78, 5) is 46.7. The van der Waals surface area contributed by atoms with Gasteiger partial charge in [-0.3, -0.25) is 19.3 Å². The number of aromatic nitrogens is 1. The molecule has 0 bridgehead atoms. The number of amides is 3. The fourth-order valence-electron chi connectivity index (χ4n) is 5.12. The molecule has 0 spiro atoms. The van der Waals surface area contributed by atoms with Crippen LogP contribution in [-0.2, 0) is 4.79 Å². The maximum absolute atomic E-state index is 13.7. The van der Waals surface area contributed by atoms with Gasteiger partial charge >= 0.3 is 0 Å². The number of carbonyl (C=O) groups is 3. The smallest absolute Gasteiger partial charge is 0.264 e. The third kappa shape index (κ3) is 3.06. The van der Waals surface area contributed by atoms with Crippen molar-refractivity contribution in [1.29, 1.82) is 0 Å². The van der Waals surface area contributed by atoms with Crippen LogP contribution in [0.3, 0.4) is 0 Å². The number of para-hydroxylation sites is 1. The molecule has 1 atom stereocenters. The number of aromatic amines is 1. The van der Waals surface area contributed by atoms with Gasteiger partial charge in [-0.2, -0.15) is 0 Å². The highest BCUT2D eigenvalue weighted by molar-refractivity contribution is 6.18. The number of fused-ring (bicyclic) bond motifs is 6. The first-order chi connectivity index (χ1) is 17.5. The minimum Gasteiger partial charge on any atom is -0.493 e. The average molecular weight is 482 g/mol. The first kappa shape index (κ1) is 21.7. The number of rotatable bonds is 5. The number of anilines is 2. The molecule has 0 fully saturated rings. The molecular formula is C27H22N4O5. The van der Waals surface area contributed by atoms with Crippen molar-refractivity contribution in [2.45, 2.75) is 6.17 Å². The Labute approximate surface area is 206 Å². The molecule has 180 valence electrons. The summed E-state index contributed by atoms with van der Waals surface area (Å²) in [5.41, 5.74) is 3.24. The summed E-state index contributed by atoms with van der Waals surface area (Å²) >= 11 is 0. The molecule has 2 aliphatic heterocycles. The quantitative estimate of drug-likeness (QED) is 0.449. The van der Waals surface area contributed by atoms with Gasteiger partial charge in [0, 0.05) is 22.7 Å². The van der Waals surface area contributed by atoms with Gasteiger partial charge in [0.25, 0.3) is 11.8 Å². The van der Waals surface area contributed by atoms with Gasteiger partial charge in [0.05, 0.1) is 36.7 Å². The van der Waals surface area contributed by atoms with Crippen molar-refractivity contribution in [3.8, 4) is 11.5 Å². The van der Waals surface area contributed by atoms with Crippen molar-refractivity contribution >= 4 is 40.0 Å². The van der Waals surface area contributed by atoms with Crippen LogP contribution in [0.2, 0.25) is 0 Å². The van der Waals surface area contributed by atoms with Crippen molar-refractivity contribution in [3.63, 3.8) is 0 Å². The zero-order valence-corrected chi connectivity index (χ0v) is 19.6. The second-order valence-electron chi connectivity index (χ2n) is 8.56. The summed E-state index contributed by atoms with van der Waals surface area (Å²) in [6, 6.07) is 17.8. The van der Waals surface area contributed by atoms with Gasteiger partial charge in [-0.1, -0.05) is 24.3 Å². The molecule has 3 heterocycles. The molecule has 36 heavy (non-hydrogen) atoms. The van der Waals surface area contributed by atoms with Gasteiger partial charge in [0.2, 0.25) is 5.91 Å². The van der Waals surface area contributed by atoms with Crippen LogP contribution in [0.25, 0.3) is 10.9 Å². The number of hydrogen-bond acceptors (Lipinski definition) is 5. The van der Waals surface area contributed by atoms with E-state index in [4.69, 9.17) is 9.47 Å². The number of ether oxygens (including phenoxy) is 2. The Bertz CT molecular complexity index is 1560. The largest absolute Gasteiger partial charge is 0.493 e. The summed E-state index contributed by atoms with van der Waals surface area (Å²) in [6.45, 7) is -0.254. The molecule has 9 heteroatoms. The van der Waals surface area contributed by atoms with E-state index >= 15 is 0 Å². The van der Waals surface area contributed by atoms with Crippen LogP contribution < -0.4 is 19.7 Å². The predicted molar refractivity (Wildman–Crippen MR) is 134 cm³/mol. The van der Waals surface area contributed by atoms with E-state index in [0.29, 0.717) is 39.6 Å². The molecule has 3 aromatic carbocycles. The lowest BCUT2D eigenvalue weighted by Crippen LogP contribution is -2.50. The van der Waals surface area contributed by atoms with Crippen LogP contribution in [0.15, 0.2) is 66.9 Å². The molecule has 0 unspecified atom stereocenters. The number of benzene rings is 3. The first-order valence-corrected chi connectivity index (χ1v) is 11.4. The van der Waals surface area contributed by atoms with Gasteiger partial charge in [-0.15, -0.1) is 0 Å². The number of carbonyl (C=O) groups excluding carboxylic acids is 3. The monoisotopic (exact) mass is 482 g/mol.